The van der Waals surface area contributed by atoms with Crippen molar-refractivity contribution in [3.8, 4) is 0 Å². The van der Waals surface area contributed by atoms with E-state index in [0.717, 1.165) is 44.3 Å². The van der Waals surface area contributed by atoms with E-state index in [4.69, 9.17) is 0 Å². The van der Waals surface area contributed by atoms with E-state index in [9.17, 15) is 14.7 Å². The largest absolute Gasteiger partial charge is 0.392 e. The Labute approximate surface area is 173 Å². The van der Waals surface area contributed by atoms with Crippen LogP contribution in [0.3, 0.4) is 0 Å². The molecule has 1 aromatic carbocycles. The molecule has 1 aliphatic carbocycles. The van der Waals surface area contributed by atoms with Crippen molar-refractivity contribution < 1.29 is 14.7 Å². The molecule has 29 heavy (non-hydrogen) atoms. The summed E-state index contributed by atoms with van der Waals surface area (Å²) in [5.41, 5.74) is 2.18. The van der Waals surface area contributed by atoms with Crippen molar-refractivity contribution in [2.75, 3.05) is 38.5 Å². The van der Waals surface area contributed by atoms with Crippen LogP contribution in [0.4, 0.5) is 10.5 Å². The fraction of sp³-hybridized carbons (Fsp3) is 0.636. The maximum Gasteiger partial charge on any atom is 0.321 e. The third kappa shape index (κ3) is 6.44. The molecular formula is C22H34N4O3. The highest BCUT2D eigenvalue weighted by Gasteiger charge is 2.25. The SMILES string of the molecule is Cc1ccc(C(=O)NC2CC2)cc1NC(=O)N(C)CC1CCN(C[C@H](C)O)CC1. The minimum absolute atomic E-state index is 0.0830. The second-order valence-corrected chi connectivity index (χ2v) is 8.68. The average Bonchev–Trinajstić information content (AvgIpc) is 3.48. The molecule has 0 bridgehead atoms. The van der Waals surface area contributed by atoms with Gasteiger partial charge >= 0.3 is 6.03 Å². The highest BCUT2D eigenvalue weighted by molar-refractivity contribution is 5.97. The lowest BCUT2D eigenvalue weighted by Gasteiger charge is -2.34. The highest BCUT2D eigenvalue weighted by Crippen LogP contribution is 2.22. The Morgan fingerprint density at radius 2 is 1.93 bits per heavy atom. The van der Waals surface area contributed by atoms with E-state index >= 15 is 0 Å². The first-order valence-corrected chi connectivity index (χ1v) is 10.7. The molecule has 1 aromatic rings. The number of nitrogens with zero attached hydrogens (tertiary/aromatic N) is 2. The summed E-state index contributed by atoms with van der Waals surface area (Å²) in [5.74, 6) is 0.382. The highest BCUT2D eigenvalue weighted by atomic mass is 16.3. The number of β-amino-alcohol motifs (C(OH)–C–C–N with tert-alkyl or cyclic N) is 1. The van der Waals surface area contributed by atoms with Crippen LogP contribution in [-0.4, -0.2) is 72.2 Å². The van der Waals surface area contributed by atoms with Gasteiger partial charge in [-0.2, -0.15) is 0 Å². The van der Waals surface area contributed by atoms with Crippen molar-refractivity contribution in [3.63, 3.8) is 0 Å². The van der Waals surface area contributed by atoms with Gasteiger partial charge < -0.3 is 25.5 Å². The summed E-state index contributed by atoms with van der Waals surface area (Å²) in [6, 6.07) is 5.58. The second kappa shape index (κ2) is 9.59. The molecule has 0 aromatic heterocycles. The van der Waals surface area contributed by atoms with Crippen LogP contribution in [-0.2, 0) is 0 Å². The van der Waals surface area contributed by atoms with Gasteiger partial charge in [0.25, 0.3) is 5.91 Å². The Morgan fingerprint density at radius 1 is 1.24 bits per heavy atom. The predicted octanol–water partition coefficient (Wildman–Crippen LogP) is 2.44. The molecule has 2 aliphatic rings. The topological polar surface area (TPSA) is 84.9 Å². The van der Waals surface area contributed by atoms with Gasteiger partial charge in [0.1, 0.15) is 0 Å². The van der Waals surface area contributed by atoms with E-state index in [1.807, 2.05) is 27.0 Å². The molecular weight excluding hydrogens is 368 g/mol. The summed E-state index contributed by atoms with van der Waals surface area (Å²) in [6.45, 7) is 7.08. The Hall–Kier alpha value is -2.12. The molecule has 3 rings (SSSR count). The minimum Gasteiger partial charge on any atom is -0.392 e. The van der Waals surface area contributed by atoms with Gasteiger partial charge in [-0.1, -0.05) is 6.07 Å². The van der Waals surface area contributed by atoms with Gasteiger partial charge in [0.2, 0.25) is 0 Å². The van der Waals surface area contributed by atoms with E-state index < -0.39 is 0 Å². The fourth-order valence-corrected chi connectivity index (χ4v) is 3.80. The van der Waals surface area contributed by atoms with Crippen LogP contribution in [0.1, 0.15) is 48.5 Å². The Morgan fingerprint density at radius 3 is 2.55 bits per heavy atom. The summed E-state index contributed by atoms with van der Waals surface area (Å²) in [5, 5.41) is 15.5. The number of aliphatic hydroxyl groups excluding tert-OH is 1. The van der Waals surface area contributed by atoms with Crippen molar-refractivity contribution in [1.82, 2.24) is 15.1 Å². The molecule has 160 valence electrons. The Balaban J connectivity index is 1.51. The van der Waals surface area contributed by atoms with Gasteiger partial charge in [-0.3, -0.25) is 4.79 Å². The number of benzene rings is 1. The number of carbonyl (C=O) groups excluding carboxylic acids is 2. The van der Waals surface area contributed by atoms with Crippen molar-refractivity contribution >= 4 is 17.6 Å². The second-order valence-electron chi connectivity index (χ2n) is 8.68. The molecule has 0 spiro atoms. The number of carbonyl (C=O) groups is 2. The van der Waals surface area contributed by atoms with Gasteiger partial charge in [0.05, 0.1) is 6.10 Å². The first-order valence-electron chi connectivity index (χ1n) is 10.7. The summed E-state index contributed by atoms with van der Waals surface area (Å²) < 4.78 is 0. The van der Waals surface area contributed by atoms with E-state index in [2.05, 4.69) is 15.5 Å². The maximum atomic E-state index is 12.7. The zero-order chi connectivity index (χ0) is 21.0. The molecule has 1 atom stereocenters. The molecule has 7 heteroatoms. The fourth-order valence-electron chi connectivity index (χ4n) is 3.80. The molecule has 2 fully saturated rings. The lowest BCUT2D eigenvalue weighted by atomic mass is 9.96. The third-order valence-corrected chi connectivity index (χ3v) is 5.76. The number of nitrogens with one attached hydrogen (secondary N) is 2. The lowest BCUT2D eigenvalue weighted by molar-refractivity contribution is 0.0946. The normalized spacial score (nSPS) is 18.9. The van der Waals surface area contributed by atoms with Crippen LogP contribution in [0.5, 0.6) is 0 Å². The van der Waals surface area contributed by atoms with Crippen molar-refractivity contribution in [2.45, 2.75) is 51.7 Å². The standard InChI is InChI=1S/C22H34N4O3/c1-15-4-5-18(21(28)23-19-6-7-19)12-20(15)24-22(29)25(3)14-17-8-10-26(11-9-17)13-16(2)27/h4-5,12,16-17,19,27H,6-11,13-14H2,1-3H3,(H,23,28)(H,24,29)/t16-/m0/s1. The first kappa shape index (κ1) is 21.6. The molecule has 7 nitrogen and oxygen atoms in total. The van der Waals surface area contributed by atoms with Crippen LogP contribution < -0.4 is 10.6 Å². The number of likely N-dealkylation sites (tertiary alicyclic amines) is 1. The molecule has 1 aliphatic heterocycles. The van der Waals surface area contributed by atoms with Crippen LogP contribution in [0, 0.1) is 12.8 Å². The number of aliphatic hydroxyl groups is 1. The predicted molar refractivity (Wildman–Crippen MR) is 114 cm³/mol. The number of piperidine rings is 1. The molecule has 0 unspecified atom stereocenters. The van der Waals surface area contributed by atoms with Crippen molar-refractivity contribution in [3.05, 3.63) is 29.3 Å². The summed E-state index contributed by atoms with van der Waals surface area (Å²) >= 11 is 0. The van der Waals surface area contributed by atoms with Crippen molar-refractivity contribution in [1.29, 1.82) is 0 Å². The van der Waals surface area contributed by atoms with Crippen LogP contribution >= 0.6 is 0 Å². The summed E-state index contributed by atoms with van der Waals surface area (Å²) in [6.07, 6.45) is 3.85. The quantitative estimate of drug-likeness (QED) is 0.654. The summed E-state index contributed by atoms with van der Waals surface area (Å²) in [7, 11) is 1.82. The number of anilines is 1. The Kier molecular flexibility index (Phi) is 7.14. The number of amides is 3. The van der Waals surface area contributed by atoms with Gasteiger partial charge in [0, 0.05) is 37.4 Å². The minimum atomic E-state index is -0.301. The monoisotopic (exact) mass is 402 g/mol. The van der Waals surface area contributed by atoms with Crippen molar-refractivity contribution in [2.24, 2.45) is 5.92 Å². The van der Waals surface area contributed by atoms with Gasteiger partial charge in [-0.25, -0.2) is 4.79 Å². The molecule has 3 amide bonds. The van der Waals surface area contributed by atoms with Gasteiger partial charge in [-0.15, -0.1) is 0 Å². The number of urea groups is 1. The number of rotatable bonds is 7. The molecule has 3 N–H and O–H groups in total. The lowest BCUT2D eigenvalue weighted by Crippen LogP contribution is -2.42. The molecule has 0 radical (unpaired) electrons. The van der Waals surface area contributed by atoms with Gasteiger partial charge in [0.15, 0.2) is 0 Å². The number of hydrogen-bond acceptors (Lipinski definition) is 4. The van der Waals surface area contributed by atoms with E-state index in [-0.39, 0.29) is 18.0 Å². The summed E-state index contributed by atoms with van der Waals surface area (Å²) in [4.78, 5) is 29.0. The average molecular weight is 403 g/mol. The van der Waals surface area contributed by atoms with Gasteiger partial charge in [-0.05, 0) is 76.2 Å². The van der Waals surface area contributed by atoms with Crippen LogP contribution in [0.15, 0.2) is 18.2 Å². The third-order valence-electron chi connectivity index (χ3n) is 5.76. The van der Waals surface area contributed by atoms with E-state index in [1.165, 1.54) is 0 Å². The molecule has 1 saturated carbocycles. The molecule has 1 heterocycles. The number of hydrogen-bond donors (Lipinski definition) is 3. The zero-order valence-corrected chi connectivity index (χ0v) is 17.8. The smallest absolute Gasteiger partial charge is 0.321 e. The first-order chi connectivity index (χ1) is 13.8. The van der Waals surface area contributed by atoms with Crippen LogP contribution in [0.25, 0.3) is 0 Å². The number of aryl methyl sites for hydroxylation is 1. The van der Waals surface area contributed by atoms with E-state index in [0.29, 0.717) is 36.3 Å². The Bertz CT molecular complexity index is 725. The maximum absolute atomic E-state index is 12.7. The van der Waals surface area contributed by atoms with Crippen LogP contribution in [0.2, 0.25) is 0 Å². The zero-order valence-electron chi connectivity index (χ0n) is 17.8. The van der Waals surface area contributed by atoms with E-state index in [1.54, 1.807) is 17.0 Å². The molecule has 1 saturated heterocycles.